The summed E-state index contributed by atoms with van der Waals surface area (Å²) in [4.78, 5) is 24.4. The number of benzene rings is 2. The Hall–Kier alpha value is -2.87. The molecular weight excluding hydrogens is 366 g/mol. The molecule has 0 spiro atoms. The Labute approximate surface area is 158 Å². The number of sulfonamides is 1. The van der Waals surface area contributed by atoms with Crippen LogP contribution in [0.5, 0.6) is 0 Å². The third kappa shape index (κ3) is 4.11. The lowest BCUT2D eigenvalue weighted by Crippen LogP contribution is -2.29. The SMILES string of the molecule is Cc1cccc(NC(=O)C(=O)Nc2cccc(N3CCCS3(=O)=O)c2)c1C. The van der Waals surface area contributed by atoms with Crippen LogP contribution in [0.4, 0.5) is 17.1 Å². The zero-order chi connectivity index (χ0) is 19.6. The minimum absolute atomic E-state index is 0.113. The predicted octanol–water partition coefficient (Wildman–Crippen LogP) is 2.42. The van der Waals surface area contributed by atoms with Crippen LogP contribution >= 0.6 is 0 Å². The fourth-order valence-corrected chi connectivity index (χ4v) is 4.48. The second-order valence-corrected chi connectivity index (χ2v) is 8.46. The topological polar surface area (TPSA) is 95.6 Å². The smallest absolute Gasteiger partial charge is 0.314 e. The van der Waals surface area contributed by atoms with Crippen molar-refractivity contribution in [3.8, 4) is 0 Å². The summed E-state index contributed by atoms with van der Waals surface area (Å²) in [5.41, 5.74) is 3.30. The Bertz CT molecular complexity index is 1000. The van der Waals surface area contributed by atoms with E-state index in [-0.39, 0.29) is 5.75 Å². The molecule has 0 aromatic heterocycles. The highest BCUT2D eigenvalue weighted by molar-refractivity contribution is 7.93. The lowest BCUT2D eigenvalue weighted by molar-refractivity contribution is -0.133. The maximum atomic E-state index is 12.2. The van der Waals surface area contributed by atoms with Crippen molar-refractivity contribution in [2.24, 2.45) is 0 Å². The molecule has 0 atom stereocenters. The average Bonchev–Trinajstić information content (AvgIpc) is 2.98. The Balaban J connectivity index is 1.71. The number of nitrogens with one attached hydrogen (secondary N) is 2. The van der Waals surface area contributed by atoms with Gasteiger partial charge in [-0.3, -0.25) is 13.9 Å². The first-order valence-electron chi connectivity index (χ1n) is 8.57. The van der Waals surface area contributed by atoms with Crippen LogP contribution in [-0.2, 0) is 19.6 Å². The van der Waals surface area contributed by atoms with Gasteiger partial charge < -0.3 is 10.6 Å². The molecule has 7 nitrogen and oxygen atoms in total. The highest BCUT2D eigenvalue weighted by Gasteiger charge is 2.28. The number of anilines is 3. The minimum atomic E-state index is -3.31. The molecule has 27 heavy (non-hydrogen) atoms. The minimum Gasteiger partial charge on any atom is -0.318 e. The average molecular weight is 387 g/mol. The highest BCUT2D eigenvalue weighted by atomic mass is 32.2. The van der Waals surface area contributed by atoms with Gasteiger partial charge in [-0.05, 0) is 55.7 Å². The number of carbonyl (C=O) groups excluding carboxylic acids is 2. The third-order valence-electron chi connectivity index (χ3n) is 4.55. The molecule has 2 aromatic rings. The summed E-state index contributed by atoms with van der Waals surface area (Å²) in [6.45, 7) is 4.19. The van der Waals surface area contributed by atoms with Gasteiger partial charge in [-0.15, -0.1) is 0 Å². The number of hydrogen-bond donors (Lipinski definition) is 2. The molecule has 2 amide bonds. The second kappa shape index (κ2) is 7.40. The third-order valence-corrected chi connectivity index (χ3v) is 6.42. The first-order chi connectivity index (χ1) is 12.8. The molecule has 1 heterocycles. The standard InChI is InChI=1S/C19H21N3O4S/c1-13-6-3-9-17(14(13)2)21-19(24)18(23)20-15-7-4-8-16(12-15)22-10-5-11-27(22,25)26/h3-4,6-9,12H,5,10-11H2,1-2H3,(H,20,23)(H,21,24). The van der Waals surface area contributed by atoms with E-state index in [2.05, 4.69) is 10.6 Å². The number of carbonyl (C=O) groups is 2. The quantitative estimate of drug-likeness (QED) is 0.791. The maximum absolute atomic E-state index is 12.2. The summed E-state index contributed by atoms with van der Waals surface area (Å²) in [7, 11) is -3.31. The second-order valence-electron chi connectivity index (χ2n) is 6.45. The molecule has 2 aromatic carbocycles. The van der Waals surface area contributed by atoms with Gasteiger partial charge >= 0.3 is 11.8 Å². The van der Waals surface area contributed by atoms with Crippen LogP contribution < -0.4 is 14.9 Å². The summed E-state index contributed by atoms with van der Waals surface area (Å²) < 4.78 is 25.4. The predicted molar refractivity (Wildman–Crippen MR) is 105 cm³/mol. The van der Waals surface area contributed by atoms with Gasteiger partial charge in [-0.1, -0.05) is 18.2 Å². The van der Waals surface area contributed by atoms with Crippen LogP contribution in [0.1, 0.15) is 17.5 Å². The van der Waals surface area contributed by atoms with Crippen LogP contribution in [-0.4, -0.2) is 32.5 Å². The van der Waals surface area contributed by atoms with E-state index >= 15 is 0 Å². The van der Waals surface area contributed by atoms with Gasteiger partial charge in [0.1, 0.15) is 0 Å². The van der Waals surface area contributed by atoms with E-state index in [0.717, 1.165) is 11.1 Å². The van der Waals surface area contributed by atoms with Crippen LogP contribution in [0.25, 0.3) is 0 Å². The van der Waals surface area contributed by atoms with E-state index in [1.807, 2.05) is 19.9 Å². The number of amides is 2. The Morgan fingerprint density at radius 1 is 1.00 bits per heavy atom. The Morgan fingerprint density at radius 3 is 2.41 bits per heavy atom. The zero-order valence-corrected chi connectivity index (χ0v) is 16.0. The molecule has 142 valence electrons. The Kier molecular flexibility index (Phi) is 5.18. The largest absolute Gasteiger partial charge is 0.318 e. The maximum Gasteiger partial charge on any atom is 0.314 e. The van der Waals surface area contributed by atoms with E-state index < -0.39 is 21.8 Å². The van der Waals surface area contributed by atoms with E-state index in [0.29, 0.717) is 30.0 Å². The lowest BCUT2D eigenvalue weighted by atomic mass is 10.1. The van der Waals surface area contributed by atoms with E-state index in [9.17, 15) is 18.0 Å². The van der Waals surface area contributed by atoms with Crippen molar-refractivity contribution in [1.82, 2.24) is 0 Å². The van der Waals surface area contributed by atoms with Gasteiger partial charge in [0.05, 0.1) is 11.4 Å². The van der Waals surface area contributed by atoms with Crippen LogP contribution in [0.3, 0.4) is 0 Å². The molecule has 3 rings (SSSR count). The van der Waals surface area contributed by atoms with E-state index in [1.165, 1.54) is 4.31 Å². The van der Waals surface area contributed by atoms with Gasteiger partial charge in [0.25, 0.3) is 0 Å². The molecule has 8 heteroatoms. The fraction of sp³-hybridized carbons (Fsp3) is 0.263. The summed E-state index contributed by atoms with van der Waals surface area (Å²) in [5.74, 6) is -1.50. The first kappa shape index (κ1) is 18.9. The van der Waals surface area contributed by atoms with Gasteiger partial charge in [-0.2, -0.15) is 0 Å². The number of hydrogen-bond acceptors (Lipinski definition) is 4. The number of rotatable bonds is 3. The lowest BCUT2D eigenvalue weighted by Gasteiger charge is -2.17. The molecular formula is C19H21N3O4S. The molecule has 0 unspecified atom stereocenters. The van der Waals surface area contributed by atoms with Gasteiger partial charge in [-0.25, -0.2) is 8.42 Å². The molecule has 1 saturated heterocycles. The zero-order valence-electron chi connectivity index (χ0n) is 15.2. The van der Waals surface area contributed by atoms with Gasteiger partial charge in [0.2, 0.25) is 10.0 Å². The fourth-order valence-electron chi connectivity index (χ4n) is 2.92. The van der Waals surface area contributed by atoms with Gasteiger partial charge in [0.15, 0.2) is 0 Å². The van der Waals surface area contributed by atoms with Crippen molar-refractivity contribution in [2.45, 2.75) is 20.3 Å². The van der Waals surface area contributed by atoms with Crippen molar-refractivity contribution >= 4 is 38.9 Å². The molecule has 0 aliphatic carbocycles. The highest BCUT2D eigenvalue weighted by Crippen LogP contribution is 2.26. The summed E-state index contributed by atoms with van der Waals surface area (Å²) >= 11 is 0. The number of aryl methyl sites for hydroxylation is 1. The van der Waals surface area contributed by atoms with Crippen molar-refractivity contribution in [1.29, 1.82) is 0 Å². The summed E-state index contributed by atoms with van der Waals surface area (Å²) in [6.07, 6.45) is 0.567. The van der Waals surface area contributed by atoms with Crippen molar-refractivity contribution < 1.29 is 18.0 Å². The first-order valence-corrected chi connectivity index (χ1v) is 10.2. The van der Waals surface area contributed by atoms with Gasteiger partial charge in [0, 0.05) is 17.9 Å². The molecule has 1 aliphatic heterocycles. The van der Waals surface area contributed by atoms with Crippen molar-refractivity contribution in [3.05, 3.63) is 53.6 Å². The van der Waals surface area contributed by atoms with Crippen molar-refractivity contribution in [3.63, 3.8) is 0 Å². The molecule has 1 fully saturated rings. The van der Waals surface area contributed by atoms with Crippen molar-refractivity contribution in [2.75, 3.05) is 27.2 Å². The Morgan fingerprint density at radius 2 is 1.70 bits per heavy atom. The monoisotopic (exact) mass is 387 g/mol. The summed E-state index contributed by atoms with van der Waals surface area (Å²) in [6, 6.07) is 11.9. The normalized spacial score (nSPS) is 15.4. The van der Waals surface area contributed by atoms with Crippen LogP contribution in [0.2, 0.25) is 0 Å². The molecule has 0 saturated carbocycles. The molecule has 0 radical (unpaired) electrons. The summed E-state index contributed by atoms with van der Waals surface area (Å²) in [5, 5.41) is 5.11. The molecule has 0 bridgehead atoms. The number of nitrogens with zero attached hydrogens (tertiary/aromatic N) is 1. The van der Waals surface area contributed by atoms with Crippen LogP contribution in [0, 0.1) is 13.8 Å². The van der Waals surface area contributed by atoms with E-state index in [4.69, 9.17) is 0 Å². The molecule has 2 N–H and O–H groups in total. The van der Waals surface area contributed by atoms with E-state index in [1.54, 1.807) is 36.4 Å². The van der Waals surface area contributed by atoms with Crippen LogP contribution in [0.15, 0.2) is 42.5 Å². The molecule has 1 aliphatic rings.